The summed E-state index contributed by atoms with van der Waals surface area (Å²) in [6, 6.07) is 5.37. The van der Waals surface area contributed by atoms with E-state index in [0.29, 0.717) is 6.42 Å². The molecule has 10 heteroatoms. The van der Waals surface area contributed by atoms with E-state index in [0.717, 1.165) is 14.9 Å². The van der Waals surface area contributed by atoms with Crippen molar-refractivity contribution < 1.29 is 21.6 Å². The zero-order chi connectivity index (χ0) is 20.3. The van der Waals surface area contributed by atoms with Crippen molar-refractivity contribution in [3.63, 3.8) is 0 Å². The lowest BCUT2D eigenvalue weighted by Crippen LogP contribution is -2.48. The Bertz CT molecular complexity index is 844. The third-order valence-corrected chi connectivity index (χ3v) is 6.92. The maximum atomic E-state index is 12.2. The summed E-state index contributed by atoms with van der Waals surface area (Å²) in [6.07, 6.45) is 1.68. The van der Waals surface area contributed by atoms with Gasteiger partial charge < -0.3 is 5.32 Å². The number of nitrogens with zero attached hydrogens (tertiary/aromatic N) is 2. The molecule has 0 aliphatic carbocycles. The first-order valence-electron chi connectivity index (χ1n) is 8.02. The van der Waals surface area contributed by atoms with Gasteiger partial charge in [-0.1, -0.05) is 6.92 Å². The summed E-state index contributed by atoms with van der Waals surface area (Å²) in [5.74, 6) is -0.438. The first kappa shape index (κ1) is 22.4. The Morgan fingerprint density at radius 3 is 1.96 bits per heavy atom. The number of sulfonamides is 2. The molecule has 0 aliphatic heterocycles. The van der Waals surface area contributed by atoms with Crippen molar-refractivity contribution in [1.82, 2.24) is 9.62 Å². The number of hydrogen-bond donors (Lipinski definition) is 1. The third-order valence-electron chi connectivity index (χ3n) is 3.95. The van der Waals surface area contributed by atoms with Crippen LogP contribution in [-0.2, 0) is 24.8 Å². The van der Waals surface area contributed by atoms with Crippen LogP contribution >= 0.6 is 0 Å². The molecule has 0 radical (unpaired) electrons. The van der Waals surface area contributed by atoms with Crippen LogP contribution in [0.4, 0.5) is 5.69 Å². The molecule has 1 N–H and O–H groups in total. The summed E-state index contributed by atoms with van der Waals surface area (Å²) in [5, 5.41) is 2.78. The fourth-order valence-electron chi connectivity index (χ4n) is 2.03. The molecule has 8 nitrogen and oxygen atoms in total. The number of amides is 1. The van der Waals surface area contributed by atoms with Gasteiger partial charge >= 0.3 is 0 Å². The largest absolute Gasteiger partial charge is 0.350 e. The van der Waals surface area contributed by atoms with Gasteiger partial charge in [0, 0.05) is 19.6 Å². The van der Waals surface area contributed by atoms with Crippen molar-refractivity contribution >= 4 is 31.6 Å². The topological polar surface area (TPSA) is 104 Å². The van der Waals surface area contributed by atoms with E-state index in [1.54, 1.807) is 0 Å². The van der Waals surface area contributed by atoms with E-state index in [9.17, 15) is 21.6 Å². The summed E-state index contributed by atoms with van der Waals surface area (Å²) in [5.41, 5.74) is -0.237. The maximum Gasteiger partial charge on any atom is 0.242 e. The Labute approximate surface area is 156 Å². The predicted octanol–water partition coefficient (Wildman–Crippen LogP) is 1.01. The number of hydrogen-bond acceptors (Lipinski definition) is 5. The number of rotatable bonds is 8. The van der Waals surface area contributed by atoms with Crippen molar-refractivity contribution in [3.8, 4) is 0 Å². The van der Waals surface area contributed by atoms with Crippen LogP contribution in [0.1, 0.15) is 27.2 Å². The normalized spacial score (nSPS) is 12.9. The molecule has 1 rings (SSSR count). The second-order valence-electron chi connectivity index (χ2n) is 6.84. The Kier molecular flexibility index (Phi) is 6.83. The molecule has 0 aliphatic rings. The molecule has 0 saturated heterocycles. The Morgan fingerprint density at radius 1 is 1.08 bits per heavy atom. The van der Waals surface area contributed by atoms with E-state index in [2.05, 4.69) is 5.32 Å². The number of nitrogens with one attached hydrogen (secondary N) is 1. The molecule has 0 unspecified atom stereocenters. The molecule has 0 bridgehead atoms. The molecule has 0 fully saturated rings. The molecule has 1 aromatic rings. The van der Waals surface area contributed by atoms with Crippen LogP contribution in [0, 0.1) is 0 Å². The van der Waals surface area contributed by atoms with Crippen LogP contribution in [0.2, 0.25) is 0 Å². The quantitative estimate of drug-likeness (QED) is 0.695. The minimum atomic E-state index is -3.73. The second-order valence-corrected chi connectivity index (χ2v) is 10.9. The molecule has 148 valence electrons. The van der Waals surface area contributed by atoms with Gasteiger partial charge in [-0.2, -0.15) is 0 Å². The number of carbonyl (C=O) groups is 1. The molecule has 0 aromatic heterocycles. The highest BCUT2D eigenvalue weighted by atomic mass is 32.2. The lowest BCUT2D eigenvalue weighted by Gasteiger charge is -2.27. The third kappa shape index (κ3) is 5.68. The standard InChI is InChI=1S/C16H27N3O5S2/c1-7-16(2,3)17-15(20)12-19(25(6,21)22)13-8-10-14(11-9-13)26(23,24)18(4)5/h8-11H,7,12H2,1-6H3,(H,17,20). The summed E-state index contributed by atoms with van der Waals surface area (Å²) in [7, 11) is -4.53. The van der Waals surface area contributed by atoms with Gasteiger partial charge in [0.05, 0.1) is 16.8 Å². The van der Waals surface area contributed by atoms with E-state index in [4.69, 9.17) is 0 Å². The molecular weight excluding hydrogens is 378 g/mol. The van der Waals surface area contributed by atoms with Crippen LogP contribution in [-0.4, -0.2) is 59.5 Å². The van der Waals surface area contributed by atoms with E-state index in [1.165, 1.54) is 38.4 Å². The molecular formula is C16H27N3O5S2. The fraction of sp³-hybridized carbons (Fsp3) is 0.562. The second kappa shape index (κ2) is 7.93. The maximum absolute atomic E-state index is 12.2. The number of benzene rings is 1. The summed E-state index contributed by atoms with van der Waals surface area (Å²) < 4.78 is 50.4. The van der Waals surface area contributed by atoms with Crippen molar-refractivity contribution in [2.75, 3.05) is 31.2 Å². The van der Waals surface area contributed by atoms with Gasteiger partial charge in [-0.05, 0) is 44.5 Å². The molecule has 0 spiro atoms. The van der Waals surface area contributed by atoms with Gasteiger partial charge in [0.25, 0.3) is 0 Å². The van der Waals surface area contributed by atoms with E-state index >= 15 is 0 Å². The first-order chi connectivity index (χ1) is 11.7. The Morgan fingerprint density at radius 2 is 1.58 bits per heavy atom. The molecule has 26 heavy (non-hydrogen) atoms. The number of carbonyl (C=O) groups excluding carboxylic acids is 1. The monoisotopic (exact) mass is 405 g/mol. The average Bonchev–Trinajstić information content (AvgIpc) is 2.51. The van der Waals surface area contributed by atoms with Gasteiger partial charge in [0.1, 0.15) is 6.54 Å². The van der Waals surface area contributed by atoms with Crippen molar-refractivity contribution in [2.24, 2.45) is 0 Å². The van der Waals surface area contributed by atoms with E-state index in [-0.39, 0.29) is 17.1 Å². The van der Waals surface area contributed by atoms with Crippen LogP contribution < -0.4 is 9.62 Å². The van der Waals surface area contributed by atoms with Gasteiger partial charge in [0.2, 0.25) is 26.0 Å². The minimum absolute atomic E-state index is 0.0382. The van der Waals surface area contributed by atoms with Crippen LogP contribution in [0.15, 0.2) is 29.2 Å². The molecule has 0 heterocycles. The molecule has 1 aromatic carbocycles. The summed E-state index contributed by atoms with van der Waals surface area (Å²) >= 11 is 0. The van der Waals surface area contributed by atoms with Crippen molar-refractivity contribution in [1.29, 1.82) is 0 Å². The van der Waals surface area contributed by atoms with E-state index < -0.39 is 31.5 Å². The SMILES string of the molecule is CCC(C)(C)NC(=O)CN(c1ccc(S(=O)(=O)N(C)C)cc1)S(C)(=O)=O. The van der Waals surface area contributed by atoms with Crippen LogP contribution in [0.3, 0.4) is 0 Å². The lowest BCUT2D eigenvalue weighted by atomic mass is 10.0. The van der Waals surface area contributed by atoms with Gasteiger partial charge in [-0.3, -0.25) is 9.10 Å². The van der Waals surface area contributed by atoms with Crippen LogP contribution in [0.25, 0.3) is 0 Å². The Hall–Kier alpha value is -1.65. The lowest BCUT2D eigenvalue weighted by molar-refractivity contribution is -0.121. The highest BCUT2D eigenvalue weighted by Crippen LogP contribution is 2.21. The fourth-order valence-corrected chi connectivity index (χ4v) is 3.79. The zero-order valence-electron chi connectivity index (χ0n) is 16.0. The zero-order valence-corrected chi connectivity index (χ0v) is 17.6. The minimum Gasteiger partial charge on any atom is -0.350 e. The summed E-state index contributed by atoms with van der Waals surface area (Å²) in [6.45, 7) is 5.22. The predicted molar refractivity (Wildman–Crippen MR) is 102 cm³/mol. The molecule has 0 atom stereocenters. The van der Waals surface area contributed by atoms with Gasteiger partial charge in [0.15, 0.2) is 0 Å². The summed E-state index contributed by atoms with van der Waals surface area (Å²) in [4.78, 5) is 12.3. The highest BCUT2D eigenvalue weighted by Gasteiger charge is 2.25. The average molecular weight is 406 g/mol. The first-order valence-corrected chi connectivity index (χ1v) is 11.3. The van der Waals surface area contributed by atoms with Gasteiger partial charge in [-0.15, -0.1) is 0 Å². The van der Waals surface area contributed by atoms with Gasteiger partial charge in [-0.25, -0.2) is 21.1 Å². The number of anilines is 1. The smallest absolute Gasteiger partial charge is 0.242 e. The highest BCUT2D eigenvalue weighted by molar-refractivity contribution is 7.92. The molecule has 1 amide bonds. The molecule has 0 saturated carbocycles. The van der Waals surface area contributed by atoms with Crippen molar-refractivity contribution in [3.05, 3.63) is 24.3 Å². The van der Waals surface area contributed by atoms with Crippen LogP contribution in [0.5, 0.6) is 0 Å². The van der Waals surface area contributed by atoms with E-state index in [1.807, 2.05) is 20.8 Å². The van der Waals surface area contributed by atoms with Crippen molar-refractivity contribution in [2.45, 2.75) is 37.6 Å². The Balaban J connectivity index is 3.15.